The van der Waals surface area contributed by atoms with Crippen LogP contribution in [-0.2, 0) is 13.0 Å². The lowest BCUT2D eigenvalue weighted by molar-refractivity contribution is 0.268. The predicted molar refractivity (Wildman–Crippen MR) is 100 cm³/mol. The molecule has 1 aliphatic heterocycles. The molecular formula is C19H24N2O2S. The van der Waals surface area contributed by atoms with E-state index in [9.17, 15) is 0 Å². The molecule has 4 nitrogen and oxygen atoms in total. The largest absolute Gasteiger partial charge is 0.493 e. The molecule has 0 unspecified atom stereocenters. The third-order valence-electron chi connectivity index (χ3n) is 4.35. The van der Waals surface area contributed by atoms with Gasteiger partial charge in [-0.2, -0.15) is 0 Å². The maximum absolute atomic E-state index is 5.73. The smallest absolute Gasteiger partial charge is 0.161 e. The first-order valence-electron chi connectivity index (χ1n) is 8.14. The molecular weight excluding hydrogens is 320 g/mol. The fraction of sp³-hybridized carbons (Fsp3) is 0.368. The van der Waals surface area contributed by atoms with E-state index in [1.807, 2.05) is 23.9 Å². The topological polar surface area (TPSA) is 47.7 Å². The summed E-state index contributed by atoms with van der Waals surface area (Å²) in [6.07, 6.45) is 1.06. The zero-order valence-electron chi connectivity index (χ0n) is 14.2. The lowest BCUT2D eigenvalue weighted by atomic mass is 9.99. The fourth-order valence-corrected chi connectivity index (χ4v) is 3.90. The van der Waals surface area contributed by atoms with Gasteiger partial charge in [-0.1, -0.05) is 0 Å². The van der Waals surface area contributed by atoms with Crippen LogP contribution < -0.4 is 15.2 Å². The molecule has 2 N–H and O–H groups in total. The van der Waals surface area contributed by atoms with Crippen molar-refractivity contribution in [1.82, 2.24) is 4.90 Å². The van der Waals surface area contributed by atoms with Gasteiger partial charge in [-0.25, -0.2) is 0 Å². The summed E-state index contributed by atoms with van der Waals surface area (Å²) >= 11 is 1.88. The van der Waals surface area contributed by atoms with Crippen LogP contribution in [0.15, 0.2) is 41.3 Å². The van der Waals surface area contributed by atoms with Crippen molar-refractivity contribution in [3.63, 3.8) is 0 Å². The van der Waals surface area contributed by atoms with Crippen molar-refractivity contribution in [2.45, 2.75) is 17.9 Å². The second-order valence-electron chi connectivity index (χ2n) is 5.92. The zero-order chi connectivity index (χ0) is 16.9. The first kappa shape index (κ1) is 17.0. The van der Waals surface area contributed by atoms with Crippen molar-refractivity contribution >= 4 is 17.4 Å². The minimum Gasteiger partial charge on any atom is -0.493 e. The number of nitrogens with two attached hydrogens (primary N) is 1. The van der Waals surface area contributed by atoms with Gasteiger partial charge in [-0.15, -0.1) is 11.8 Å². The van der Waals surface area contributed by atoms with Crippen LogP contribution >= 0.6 is 11.8 Å². The first-order chi connectivity index (χ1) is 11.7. The molecule has 128 valence electrons. The first-order valence-corrected chi connectivity index (χ1v) is 9.12. The summed E-state index contributed by atoms with van der Waals surface area (Å²) in [6, 6.07) is 12.3. The van der Waals surface area contributed by atoms with E-state index in [-0.39, 0.29) is 0 Å². The van der Waals surface area contributed by atoms with Gasteiger partial charge in [-0.05, 0) is 53.9 Å². The van der Waals surface area contributed by atoms with Gasteiger partial charge in [0.15, 0.2) is 11.5 Å². The molecule has 0 spiro atoms. The lowest BCUT2D eigenvalue weighted by Crippen LogP contribution is -2.32. The van der Waals surface area contributed by atoms with E-state index in [2.05, 4.69) is 29.2 Å². The number of anilines is 1. The molecule has 0 atom stereocenters. The highest BCUT2D eigenvalue weighted by Gasteiger charge is 2.19. The van der Waals surface area contributed by atoms with Crippen LogP contribution in [0.1, 0.15) is 11.1 Å². The quantitative estimate of drug-likeness (QED) is 0.642. The van der Waals surface area contributed by atoms with Gasteiger partial charge >= 0.3 is 0 Å². The summed E-state index contributed by atoms with van der Waals surface area (Å²) in [5, 5.41) is 0. The number of methoxy groups -OCH3 is 2. The Morgan fingerprint density at radius 2 is 1.71 bits per heavy atom. The fourth-order valence-electron chi connectivity index (χ4n) is 2.99. The molecule has 3 rings (SSSR count). The molecule has 0 fully saturated rings. The van der Waals surface area contributed by atoms with Gasteiger partial charge in [0.25, 0.3) is 0 Å². The molecule has 0 amide bonds. The summed E-state index contributed by atoms with van der Waals surface area (Å²) < 4.78 is 10.8. The number of rotatable bonds is 6. The molecule has 0 aromatic heterocycles. The molecule has 5 heteroatoms. The third-order valence-corrected chi connectivity index (χ3v) is 5.35. The number of ether oxygens (including phenoxy) is 2. The Morgan fingerprint density at radius 1 is 1.04 bits per heavy atom. The molecule has 24 heavy (non-hydrogen) atoms. The number of nitrogens with zero attached hydrogens (tertiary/aromatic N) is 1. The minimum absolute atomic E-state index is 0.814. The standard InChI is InChI=1S/C19H24N2O2S/c1-22-18-11-14-7-8-21(13-15(14)12-19(18)23-2)9-10-24-17-5-3-16(20)4-6-17/h3-6,11-12H,7-10,13,20H2,1-2H3. The van der Waals surface area contributed by atoms with E-state index in [0.717, 1.165) is 49.0 Å². The summed E-state index contributed by atoms with van der Waals surface area (Å²) in [5.74, 6) is 2.71. The normalized spacial score (nSPS) is 14.2. The van der Waals surface area contributed by atoms with Gasteiger partial charge in [0.2, 0.25) is 0 Å². The van der Waals surface area contributed by atoms with E-state index < -0.39 is 0 Å². The second kappa shape index (κ2) is 7.81. The number of thioether (sulfide) groups is 1. The summed E-state index contributed by atoms with van der Waals surface area (Å²) in [6.45, 7) is 3.13. The minimum atomic E-state index is 0.814. The average molecular weight is 344 g/mol. The van der Waals surface area contributed by atoms with E-state index in [1.165, 1.54) is 16.0 Å². The van der Waals surface area contributed by atoms with E-state index in [0.29, 0.717) is 0 Å². The summed E-state index contributed by atoms with van der Waals surface area (Å²) in [5.41, 5.74) is 9.26. The molecule has 1 aliphatic rings. The molecule has 0 saturated carbocycles. The highest BCUT2D eigenvalue weighted by atomic mass is 32.2. The van der Waals surface area contributed by atoms with E-state index >= 15 is 0 Å². The van der Waals surface area contributed by atoms with Gasteiger partial charge in [0, 0.05) is 36.0 Å². The second-order valence-corrected chi connectivity index (χ2v) is 7.09. The zero-order valence-corrected chi connectivity index (χ0v) is 15.1. The third kappa shape index (κ3) is 3.97. The van der Waals surface area contributed by atoms with Crippen LogP contribution in [0.3, 0.4) is 0 Å². The highest BCUT2D eigenvalue weighted by molar-refractivity contribution is 7.99. The molecule has 0 bridgehead atoms. The van der Waals surface area contributed by atoms with Crippen LogP contribution in [0.2, 0.25) is 0 Å². The van der Waals surface area contributed by atoms with Crippen molar-refractivity contribution in [3.8, 4) is 11.5 Å². The number of hydrogen-bond acceptors (Lipinski definition) is 5. The maximum atomic E-state index is 5.73. The van der Waals surface area contributed by atoms with Crippen LogP contribution in [-0.4, -0.2) is 38.0 Å². The van der Waals surface area contributed by atoms with Crippen LogP contribution in [0.25, 0.3) is 0 Å². The molecule has 2 aromatic carbocycles. The van der Waals surface area contributed by atoms with Gasteiger partial charge < -0.3 is 15.2 Å². The van der Waals surface area contributed by atoms with Crippen LogP contribution in [0.5, 0.6) is 11.5 Å². The number of hydrogen-bond donors (Lipinski definition) is 1. The monoisotopic (exact) mass is 344 g/mol. The number of nitrogen functional groups attached to an aromatic ring is 1. The molecule has 0 saturated heterocycles. The van der Waals surface area contributed by atoms with Crippen LogP contribution in [0, 0.1) is 0 Å². The van der Waals surface area contributed by atoms with Gasteiger partial charge in [0.05, 0.1) is 14.2 Å². The highest BCUT2D eigenvalue weighted by Crippen LogP contribution is 2.33. The number of benzene rings is 2. The Bertz CT molecular complexity index is 689. The Morgan fingerprint density at radius 3 is 2.38 bits per heavy atom. The lowest BCUT2D eigenvalue weighted by Gasteiger charge is -2.29. The Labute approximate surface area is 147 Å². The Balaban J connectivity index is 1.57. The van der Waals surface area contributed by atoms with Gasteiger partial charge in [0.1, 0.15) is 0 Å². The molecule has 2 aromatic rings. The van der Waals surface area contributed by atoms with Crippen molar-refractivity contribution < 1.29 is 9.47 Å². The van der Waals surface area contributed by atoms with Crippen molar-refractivity contribution in [1.29, 1.82) is 0 Å². The average Bonchev–Trinajstić information content (AvgIpc) is 2.62. The Hall–Kier alpha value is -1.85. The number of fused-ring (bicyclic) bond motifs is 1. The van der Waals surface area contributed by atoms with E-state index in [4.69, 9.17) is 15.2 Å². The SMILES string of the molecule is COc1cc2c(cc1OC)CN(CCSc1ccc(N)cc1)CC2. The Kier molecular flexibility index (Phi) is 5.53. The van der Waals surface area contributed by atoms with Crippen LogP contribution in [0.4, 0.5) is 5.69 Å². The van der Waals surface area contributed by atoms with E-state index in [1.54, 1.807) is 14.2 Å². The maximum Gasteiger partial charge on any atom is 0.161 e. The predicted octanol–water partition coefficient (Wildman–Crippen LogP) is 3.44. The van der Waals surface area contributed by atoms with Gasteiger partial charge in [-0.3, -0.25) is 4.90 Å². The van der Waals surface area contributed by atoms with Crippen molar-refractivity contribution in [2.75, 3.05) is 38.8 Å². The van der Waals surface area contributed by atoms with Crippen molar-refractivity contribution in [2.24, 2.45) is 0 Å². The summed E-state index contributed by atoms with van der Waals surface area (Å²) in [7, 11) is 3.38. The summed E-state index contributed by atoms with van der Waals surface area (Å²) in [4.78, 5) is 3.77. The molecule has 1 heterocycles. The molecule has 0 aliphatic carbocycles. The molecule has 0 radical (unpaired) electrons. The van der Waals surface area contributed by atoms with Crippen molar-refractivity contribution in [3.05, 3.63) is 47.5 Å².